The molecule has 4 nitrogen and oxygen atoms in total. The predicted molar refractivity (Wildman–Crippen MR) is 58.1 cm³/mol. The van der Waals surface area contributed by atoms with Crippen molar-refractivity contribution in [1.82, 2.24) is 4.57 Å². The summed E-state index contributed by atoms with van der Waals surface area (Å²) in [5, 5.41) is 1.03. The number of nitrogens with zero attached hydrogens (tertiary/aromatic N) is 1. The molecule has 0 saturated heterocycles. The van der Waals surface area contributed by atoms with Gasteiger partial charge in [0.25, 0.3) is 0 Å². The van der Waals surface area contributed by atoms with Gasteiger partial charge in [0, 0.05) is 24.2 Å². The van der Waals surface area contributed by atoms with Crippen molar-refractivity contribution in [3.8, 4) is 11.5 Å². The van der Waals surface area contributed by atoms with Crippen LogP contribution in [0.5, 0.6) is 11.5 Å². The Balaban J connectivity index is 2.34. The highest BCUT2D eigenvalue weighted by atomic mass is 16.7. The quantitative estimate of drug-likeness (QED) is 0.772. The molecule has 1 aromatic carbocycles. The minimum atomic E-state index is 0.300. The average Bonchev–Trinajstić information content (AvgIpc) is 2.81. The van der Waals surface area contributed by atoms with E-state index < -0.39 is 0 Å². The van der Waals surface area contributed by atoms with Gasteiger partial charge in [0.05, 0.1) is 11.2 Å². The Kier molecular flexibility index (Phi) is 1.59. The molecule has 0 unspecified atom stereocenters. The first-order chi connectivity index (χ1) is 7.29. The Labute approximate surface area is 87.2 Å². The minimum absolute atomic E-state index is 0.300. The zero-order valence-electron chi connectivity index (χ0n) is 8.49. The van der Waals surface area contributed by atoms with Gasteiger partial charge in [-0.05, 0) is 13.0 Å². The van der Waals surface area contributed by atoms with Crippen LogP contribution in [0.4, 0.5) is 5.69 Å². The molecule has 2 aromatic rings. The first-order valence-electron chi connectivity index (χ1n) is 4.97. The van der Waals surface area contributed by atoms with Gasteiger partial charge >= 0.3 is 0 Å². The number of ether oxygens (including phenoxy) is 2. The van der Waals surface area contributed by atoms with E-state index in [1.54, 1.807) is 0 Å². The topological polar surface area (TPSA) is 49.4 Å². The van der Waals surface area contributed by atoms with E-state index in [2.05, 4.69) is 11.5 Å². The summed E-state index contributed by atoms with van der Waals surface area (Å²) < 4.78 is 12.8. The van der Waals surface area contributed by atoms with Crippen LogP contribution in [-0.4, -0.2) is 11.4 Å². The molecule has 4 heteroatoms. The van der Waals surface area contributed by atoms with Crippen molar-refractivity contribution in [2.45, 2.75) is 13.5 Å². The number of fused-ring (bicyclic) bond motifs is 2. The summed E-state index contributed by atoms with van der Waals surface area (Å²) in [6.45, 7) is 3.28. The van der Waals surface area contributed by atoms with Gasteiger partial charge in [-0.3, -0.25) is 0 Å². The lowest BCUT2D eigenvalue weighted by Gasteiger charge is -2.01. The second-order valence-electron chi connectivity index (χ2n) is 3.59. The van der Waals surface area contributed by atoms with E-state index in [-0.39, 0.29) is 0 Å². The lowest BCUT2D eigenvalue weighted by Crippen LogP contribution is -1.93. The van der Waals surface area contributed by atoms with Crippen LogP contribution < -0.4 is 15.2 Å². The number of aromatic nitrogens is 1. The normalized spacial score (nSPS) is 13.7. The molecular weight excluding hydrogens is 192 g/mol. The van der Waals surface area contributed by atoms with Crippen LogP contribution in [0.3, 0.4) is 0 Å². The SMILES string of the molecule is CCn1cc(N)c2cc3c(cc21)OCO3. The van der Waals surface area contributed by atoms with E-state index >= 15 is 0 Å². The third kappa shape index (κ3) is 1.08. The molecule has 0 atom stereocenters. The zero-order chi connectivity index (χ0) is 10.4. The summed E-state index contributed by atoms with van der Waals surface area (Å²) in [6, 6.07) is 3.93. The molecule has 78 valence electrons. The highest BCUT2D eigenvalue weighted by Crippen LogP contribution is 2.38. The number of nitrogens with two attached hydrogens (primary N) is 1. The minimum Gasteiger partial charge on any atom is -0.454 e. The maximum Gasteiger partial charge on any atom is 0.231 e. The van der Waals surface area contributed by atoms with E-state index in [0.29, 0.717) is 6.79 Å². The molecule has 1 aliphatic rings. The van der Waals surface area contributed by atoms with Crippen molar-refractivity contribution in [1.29, 1.82) is 0 Å². The molecule has 0 aliphatic carbocycles. The van der Waals surface area contributed by atoms with Crippen molar-refractivity contribution in [3.05, 3.63) is 18.3 Å². The largest absolute Gasteiger partial charge is 0.454 e. The molecule has 0 radical (unpaired) electrons. The molecule has 1 aromatic heterocycles. The summed E-state index contributed by atoms with van der Waals surface area (Å²) in [5.74, 6) is 1.58. The van der Waals surface area contributed by atoms with Crippen molar-refractivity contribution < 1.29 is 9.47 Å². The smallest absolute Gasteiger partial charge is 0.231 e. The third-order valence-corrected chi connectivity index (χ3v) is 2.75. The lowest BCUT2D eigenvalue weighted by atomic mass is 10.2. The molecule has 0 saturated carbocycles. The second-order valence-corrected chi connectivity index (χ2v) is 3.59. The summed E-state index contributed by atoms with van der Waals surface area (Å²) in [5.41, 5.74) is 7.81. The van der Waals surface area contributed by atoms with Gasteiger partial charge in [-0.25, -0.2) is 0 Å². The van der Waals surface area contributed by atoms with Crippen LogP contribution in [0.15, 0.2) is 18.3 Å². The standard InChI is InChI=1S/C11H12N2O2/c1-2-13-5-8(12)7-3-10-11(4-9(7)13)15-6-14-10/h3-5H,2,6,12H2,1H3. The first-order valence-corrected chi connectivity index (χ1v) is 4.97. The number of aryl methyl sites for hydroxylation is 1. The molecule has 2 N–H and O–H groups in total. The van der Waals surface area contributed by atoms with E-state index in [0.717, 1.165) is 34.6 Å². The number of rotatable bonds is 1. The molecular formula is C11H12N2O2. The summed E-state index contributed by atoms with van der Waals surface area (Å²) >= 11 is 0. The average molecular weight is 204 g/mol. The summed E-state index contributed by atoms with van der Waals surface area (Å²) in [6.07, 6.45) is 1.94. The van der Waals surface area contributed by atoms with Crippen LogP contribution in [0.1, 0.15) is 6.92 Å². The van der Waals surface area contributed by atoms with E-state index in [4.69, 9.17) is 15.2 Å². The number of hydrogen-bond donors (Lipinski definition) is 1. The molecule has 0 bridgehead atoms. The maximum absolute atomic E-state index is 5.93. The van der Waals surface area contributed by atoms with Crippen LogP contribution in [0.2, 0.25) is 0 Å². The number of hydrogen-bond acceptors (Lipinski definition) is 3. The van der Waals surface area contributed by atoms with E-state index in [1.807, 2.05) is 18.3 Å². The molecule has 15 heavy (non-hydrogen) atoms. The van der Waals surface area contributed by atoms with Crippen molar-refractivity contribution >= 4 is 16.6 Å². The number of anilines is 1. The Bertz CT molecular complexity index is 531. The van der Waals surface area contributed by atoms with Crippen LogP contribution in [0.25, 0.3) is 10.9 Å². The fourth-order valence-corrected chi connectivity index (χ4v) is 1.97. The first kappa shape index (κ1) is 8.47. The van der Waals surface area contributed by atoms with Gasteiger partial charge in [-0.2, -0.15) is 0 Å². The Morgan fingerprint density at radius 3 is 2.80 bits per heavy atom. The third-order valence-electron chi connectivity index (χ3n) is 2.75. The molecule has 0 fully saturated rings. The van der Waals surface area contributed by atoms with Gasteiger partial charge in [0.1, 0.15) is 0 Å². The fraction of sp³-hybridized carbons (Fsp3) is 0.273. The van der Waals surface area contributed by atoms with Crippen molar-refractivity contribution in [3.63, 3.8) is 0 Å². The van der Waals surface area contributed by atoms with Gasteiger partial charge in [0.15, 0.2) is 11.5 Å². The number of nitrogen functional groups attached to an aromatic ring is 1. The molecule has 1 aliphatic heterocycles. The van der Waals surface area contributed by atoms with Gasteiger partial charge < -0.3 is 19.8 Å². The monoisotopic (exact) mass is 204 g/mol. The fourth-order valence-electron chi connectivity index (χ4n) is 1.97. The zero-order valence-corrected chi connectivity index (χ0v) is 8.49. The maximum atomic E-state index is 5.93. The van der Waals surface area contributed by atoms with Gasteiger partial charge in [-0.15, -0.1) is 0 Å². The van der Waals surface area contributed by atoms with E-state index in [9.17, 15) is 0 Å². The van der Waals surface area contributed by atoms with Crippen LogP contribution in [-0.2, 0) is 6.54 Å². The molecule has 2 heterocycles. The van der Waals surface area contributed by atoms with Crippen LogP contribution in [0, 0.1) is 0 Å². The molecule has 3 rings (SSSR count). The summed E-state index contributed by atoms with van der Waals surface area (Å²) in [7, 11) is 0. The number of benzene rings is 1. The highest BCUT2D eigenvalue weighted by molar-refractivity contribution is 5.94. The Morgan fingerprint density at radius 2 is 2.07 bits per heavy atom. The van der Waals surface area contributed by atoms with Crippen LogP contribution >= 0.6 is 0 Å². The van der Waals surface area contributed by atoms with Gasteiger partial charge in [0.2, 0.25) is 6.79 Å². The Morgan fingerprint density at radius 1 is 1.33 bits per heavy atom. The second kappa shape index (κ2) is 2.82. The highest BCUT2D eigenvalue weighted by Gasteiger charge is 2.17. The van der Waals surface area contributed by atoms with Gasteiger partial charge in [-0.1, -0.05) is 0 Å². The van der Waals surface area contributed by atoms with Crippen molar-refractivity contribution in [2.24, 2.45) is 0 Å². The van der Waals surface area contributed by atoms with Crippen molar-refractivity contribution in [2.75, 3.05) is 12.5 Å². The molecule has 0 amide bonds. The van der Waals surface area contributed by atoms with E-state index in [1.165, 1.54) is 0 Å². The lowest BCUT2D eigenvalue weighted by molar-refractivity contribution is 0.174. The molecule has 0 spiro atoms. The Hall–Kier alpha value is -1.84. The summed E-state index contributed by atoms with van der Waals surface area (Å²) in [4.78, 5) is 0. The predicted octanol–water partition coefficient (Wildman–Crippen LogP) is 1.97.